The van der Waals surface area contributed by atoms with Crippen LogP contribution >= 0.6 is 34.2 Å². The van der Waals surface area contributed by atoms with Crippen molar-refractivity contribution in [2.75, 3.05) is 6.61 Å². The Morgan fingerprint density at radius 1 is 1.42 bits per heavy atom. The monoisotopic (exact) mass is 408 g/mol. The minimum absolute atomic E-state index is 0.530. The summed E-state index contributed by atoms with van der Waals surface area (Å²) in [7, 11) is -1.02. The van der Waals surface area contributed by atoms with E-state index in [4.69, 9.17) is 16.3 Å². The van der Waals surface area contributed by atoms with Crippen LogP contribution in [0, 0.1) is 3.57 Å². The first-order chi connectivity index (χ1) is 8.87. The van der Waals surface area contributed by atoms with E-state index in [0.717, 1.165) is 17.5 Å². The van der Waals surface area contributed by atoms with E-state index in [2.05, 4.69) is 58.0 Å². The van der Waals surface area contributed by atoms with Gasteiger partial charge in [-0.05, 0) is 34.7 Å². The van der Waals surface area contributed by atoms with E-state index >= 15 is 0 Å². The van der Waals surface area contributed by atoms with Crippen LogP contribution in [-0.2, 0) is 11.5 Å². The molecule has 0 aliphatic carbocycles. The van der Waals surface area contributed by atoms with Gasteiger partial charge in [0.05, 0.1) is 11.7 Å². The SMILES string of the molecule is C[Si](C)(C)CCOCn1cc(I)c2cc(Cl)ncc21. The Balaban J connectivity index is 2.05. The standard InChI is InChI=1S/C13H18ClIN2OSi/c1-19(2,3)5-4-18-9-17-8-11(15)10-6-13(14)16-7-12(10)17/h6-8H,4-5,9H2,1-3H3. The van der Waals surface area contributed by atoms with Gasteiger partial charge in [0.1, 0.15) is 11.9 Å². The zero-order valence-corrected chi connectivity index (χ0v) is 15.3. The Bertz CT molecular complexity index is 580. The first-order valence-electron chi connectivity index (χ1n) is 6.24. The molecule has 0 amide bonds. The molecule has 0 aliphatic heterocycles. The summed E-state index contributed by atoms with van der Waals surface area (Å²) < 4.78 is 9.04. The lowest BCUT2D eigenvalue weighted by atomic mass is 10.3. The molecular formula is C13H18ClIN2OSi. The van der Waals surface area contributed by atoms with Crippen LogP contribution in [0.2, 0.25) is 30.8 Å². The van der Waals surface area contributed by atoms with E-state index in [1.807, 2.05) is 12.3 Å². The number of halogens is 2. The van der Waals surface area contributed by atoms with Gasteiger partial charge in [0.15, 0.2) is 0 Å². The molecule has 19 heavy (non-hydrogen) atoms. The molecule has 0 saturated carbocycles. The first-order valence-corrected chi connectivity index (χ1v) is 11.4. The highest BCUT2D eigenvalue weighted by molar-refractivity contribution is 14.1. The van der Waals surface area contributed by atoms with Gasteiger partial charge in [-0.15, -0.1) is 0 Å². The molecule has 0 aromatic carbocycles. The minimum atomic E-state index is -1.02. The highest BCUT2D eigenvalue weighted by atomic mass is 127. The molecule has 0 unspecified atom stereocenters. The van der Waals surface area contributed by atoms with E-state index in [1.165, 1.54) is 9.61 Å². The number of ether oxygens (including phenoxy) is 1. The Morgan fingerprint density at radius 3 is 2.84 bits per heavy atom. The molecule has 0 aliphatic rings. The zero-order chi connectivity index (χ0) is 14.0. The predicted molar refractivity (Wildman–Crippen MR) is 91.6 cm³/mol. The molecule has 2 rings (SSSR count). The van der Waals surface area contributed by atoms with Crippen LogP contribution in [0.5, 0.6) is 0 Å². The van der Waals surface area contributed by atoms with Crippen molar-refractivity contribution in [3.05, 3.63) is 27.2 Å². The van der Waals surface area contributed by atoms with Crippen LogP contribution in [-0.4, -0.2) is 24.2 Å². The third kappa shape index (κ3) is 4.17. The van der Waals surface area contributed by atoms with Crippen LogP contribution in [0.25, 0.3) is 10.9 Å². The first kappa shape index (κ1) is 15.3. The van der Waals surface area contributed by atoms with Gasteiger partial charge in [0.25, 0.3) is 0 Å². The second-order valence-electron chi connectivity index (χ2n) is 5.82. The number of nitrogens with zero attached hydrogens (tertiary/aromatic N) is 2. The average molecular weight is 409 g/mol. The number of rotatable bonds is 5. The number of hydrogen-bond acceptors (Lipinski definition) is 2. The van der Waals surface area contributed by atoms with Crippen molar-refractivity contribution >= 4 is 53.2 Å². The van der Waals surface area contributed by atoms with Crippen molar-refractivity contribution in [3.8, 4) is 0 Å². The molecule has 6 heteroatoms. The lowest BCUT2D eigenvalue weighted by molar-refractivity contribution is 0.0901. The molecule has 2 aromatic heterocycles. The summed E-state index contributed by atoms with van der Waals surface area (Å²) in [5, 5.41) is 1.66. The summed E-state index contributed by atoms with van der Waals surface area (Å²) in [6, 6.07) is 3.09. The highest BCUT2D eigenvalue weighted by Gasteiger charge is 2.12. The van der Waals surface area contributed by atoms with Crippen molar-refractivity contribution in [1.29, 1.82) is 0 Å². The summed E-state index contributed by atoms with van der Waals surface area (Å²) in [6.07, 6.45) is 3.89. The maximum Gasteiger partial charge on any atom is 0.129 e. The van der Waals surface area contributed by atoms with E-state index in [-0.39, 0.29) is 0 Å². The number of aromatic nitrogens is 2. The number of hydrogen-bond donors (Lipinski definition) is 0. The summed E-state index contributed by atoms with van der Waals surface area (Å²) in [6.45, 7) is 8.48. The van der Waals surface area contributed by atoms with Gasteiger partial charge in [-0.25, -0.2) is 4.98 Å². The summed E-state index contributed by atoms with van der Waals surface area (Å²) in [5.41, 5.74) is 1.07. The van der Waals surface area contributed by atoms with Gasteiger partial charge in [0.2, 0.25) is 0 Å². The number of fused-ring (bicyclic) bond motifs is 1. The molecule has 2 heterocycles. The maximum atomic E-state index is 5.93. The lowest BCUT2D eigenvalue weighted by Gasteiger charge is -2.15. The lowest BCUT2D eigenvalue weighted by Crippen LogP contribution is -2.21. The van der Waals surface area contributed by atoms with Crippen LogP contribution in [0.4, 0.5) is 0 Å². The van der Waals surface area contributed by atoms with Gasteiger partial charge >= 0.3 is 0 Å². The van der Waals surface area contributed by atoms with E-state index in [0.29, 0.717) is 11.9 Å². The molecule has 104 valence electrons. The summed E-state index contributed by atoms with van der Waals surface area (Å²) in [5.74, 6) is 0. The van der Waals surface area contributed by atoms with E-state index in [9.17, 15) is 0 Å². The Hall–Kier alpha value is -0.113. The van der Waals surface area contributed by atoms with Gasteiger partial charge in [0, 0.05) is 29.8 Å². The van der Waals surface area contributed by atoms with E-state index < -0.39 is 8.07 Å². The van der Waals surface area contributed by atoms with Crippen LogP contribution in [0.3, 0.4) is 0 Å². The second-order valence-corrected chi connectivity index (χ2v) is 13.0. The Kier molecular flexibility index (Phi) is 4.92. The van der Waals surface area contributed by atoms with Gasteiger partial charge < -0.3 is 9.30 Å². The minimum Gasteiger partial charge on any atom is -0.361 e. The summed E-state index contributed by atoms with van der Waals surface area (Å²) >= 11 is 8.24. The van der Waals surface area contributed by atoms with Gasteiger partial charge in [-0.3, -0.25) is 0 Å². The average Bonchev–Trinajstić information content (AvgIpc) is 2.60. The van der Waals surface area contributed by atoms with Crippen molar-refractivity contribution in [2.24, 2.45) is 0 Å². The maximum absolute atomic E-state index is 5.93. The van der Waals surface area contributed by atoms with Crippen LogP contribution < -0.4 is 0 Å². The molecule has 3 nitrogen and oxygen atoms in total. The topological polar surface area (TPSA) is 27.1 Å². The van der Waals surface area contributed by atoms with Crippen LogP contribution in [0.15, 0.2) is 18.5 Å². The molecule has 0 fully saturated rings. The molecule has 0 N–H and O–H groups in total. The zero-order valence-electron chi connectivity index (χ0n) is 11.4. The fourth-order valence-corrected chi connectivity index (χ4v) is 3.45. The third-order valence-electron chi connectivity index (χ3n) is 2.91. The van der Waals surface area contributed by atoms with Crippen molar-refractivity contribution in [2.45, 2.75) is 32.4 Å². The smallest absolute Gasteiger partial charge is 0.129 e. The Labute approximate surface area is 133 Å². The fraction of sp³-hybridized carbons (Fsp3) is 0.462. The van der Waals surface area contributed by atoms with E-state index in [1.54, 1.807) is 0 Å². The normalized spacial score (nSPS) is 12.3. The summed E-state index contributed by atoms with van der Waals surface area (Å²) in [4.78, 5) is 4.14. The van der Waals surface area contributed by atoms with Crippen molar-refractivity contribution < 1.29 is 4.74 Å². The quantitative estimate of drug-likeness (QED) is 0.313. The fourth-order valence-electron chi connectivity index (χ4n) is 1.77. The predicted octanol–water partition coefficient (Wildman–Crippen LogP) is 4.61. The molecule has 0 radical (unpaired) electrons. The van der Waals surface area contributed by atoms with Gasteiger partial charge in [-0.1, -0.05) is 31.2 Å². The molecule has 0 bridgehead atoms. The Morgan fingerprint density at radius 2 is 2.16 bits per heavy atom. The molecular weight excluding hydrogens is 391 g/mol. The molecule has 0 spiro atoms. The highest BCUT2D eigenvalue weighted by Crippen LogP contribution is 2.24. The second kappa shape index (κ2) is 6.11. The van der Waals surface area contributed by atoms with Crippen molar-refractivity contribution in [3.63, 3.8) is 0 Å². The molecule has 0 saturated heterocycles. The largest absolute Gasteiger partial charge is 0.361 e. The van der Waals surface area contributed by atoms with Crippen molar-refractivity contribution in [1.82, 2.24) is 9.55 Å². The number of pyridine rings is 1. The molecule has 0 atom stereocenters. The van der Waals surface area contributed by atoms with Gasteiger partial charge in [-0.2, -0.15) is 0 Å². The third-order valence-corrected chi connectivity index (χ3v) is 5.68. The van der Waals surface area contributed by atoms with Crippen LogP contribution in [0.1, 0.15) is 0 Å². The molecule has 2 aromatic rings.